The van der Waals surface area contributed by atoms with Crippen LogP contribution in [0.25, 0.3) is 0 Å². The molecule has 24 heavy (non-hydrogen) atoms. The zero-order valence-corrected chi connectivity index (χ0v) is 15.0. The van der Waals surface area contributed by atoms with Gasteiger partial charge < -0.3 is 9.64 Å². The lowest BCUT2D eigenvalue weighted by Gasteiger charge is -2.25. The van der Waals surface area contributed by atoms with Gasteiger partial charge >= 0.3 is 0 Å². The summed E-state index contributed by atoms with van der Waals surface area (Å²) in [7, 11) is -1.96. The largest absolute Gasteiger partial charge is 0.383 e. The third-order valence-corrected chi connectivity index (χ3v) is 6.98. The lowest BCUT2D eigenvalue weighted by Crippen LogP contribution is -2.40. The minimum atomic E-state index is -3.56. The predicted octanol–water partition coefficient (Wildman–Crippen LogP) is 1.26. The fraction of sp³-hybridized carbons (Fsp3) is 0.588. The molecule has 0 spiro atoms. The average Bonchev–Trinajstić information content (AvgIpc) is 3.11. The van der Waals surface area contributed by atoms with Crippen molar-refractivity contribution in [2.24, 2.45) is 0 Å². The predicted molar refractivity (Wildman–Crippen MR) is 90.1 cm³/mol. The van der Waals surface area contributed by atoms with Gasteiger partial charge in [0.2, 0.25) is 15.9 Å². The maximum atomic E-state index is 13.0. The van der Waals surface area contributed by atoms with Gasteiger partial charge in [0.1, 0.15) is 0 Å². The van der Waals surface area contributed by atoms with Crippen LogP contribution in [0.1, 0.15) is 25.3 Å². The molecule has 2 unspecified atom stereocenters. The Hall–Kier alpha value is -1.44. The van der Waals surface area contributed by atoms with E-state index in [9.17, 15) is 13.2 Å². The molecule has 0 N–H and O–H groups in total. The minimum Gasteiger partial charge on any atom is -0.383 e. The van der Waals surface area contributed by atoms with Crippen molar-refractivity contribution in [3.8, 4) is 0 Å². The highest BCUT2D eigenvalue weighted by Gasteiger charge is 2.50. The Morgan fingerprint density at radius 3 is 2.54 bits per heavy atom. The maximum absolute atomic E-state index is 13.0. The van der Waals surface area contributed by atoms with Crippen LogP contribution in [0.3, 0.4) is 0 Å². The Morgan fingerprint density at radius 1 is 1.21 bits per heavy atom. The van der Waals surface area contributed by atoms with Gasteiger partial charge in [0, 0.05) is 26.6 Å². The fourth-order valence-electron chi connectivity index (χ4n) is 3.70. The van der Waals surface area contributed by atoms with Gasteiger partial charge in [-0.25, -0.2) is 8.42 Å². The zero-order valence-electron chi connectivity index (χ0n) is 14.1. The van der Waals surface area contributed by atoms with E-state index in [4.69, 9.17) is 4.74 Å². The number of sulfonamides is 1. The number of ether oxygens (including phenoxy) is 1. The number of rotatable bonds is 6. The van der Waals surface area contributed by atoms with Crippen LogP contribution in [0.5, 0.6) is 0 Å². The van der Waals surface area contributed by atoms with Crippen molar-refractivity contribution in [3.05, 3.63) is 29.8 Å². The molecule has 7 heteroatoms. The van der Waals surface area contributed by atoms with Crippen LogP contribution in [-0.4, -0.2) is 62.4 Å². The number of carbonyl (C=O) groups is 1. The lowest BCUT2D eigenvalue weighted by atomic mass is 10.1. The SMILES string of the molecule is CCc1ccc(S(=O)(=O)N2CCC3C2CC(=O)N3CCOC)cc1. The quantitative estimate of drug-likeness (QED) is 0.773. The Bertz CT molecular complexity index is 702. The van der Waals surface area contributed by atoms with Crippen LogP contribution in [0.4, 0.5) is 0 Å². The number of benzene rings is 1. The first-order valence-electron chi connectivity index (χ1n) is 8.38. The number of nitrogens with zero attached hydrogens (tertiary/aromatic N) is 2. The molecule has 2 aliphatic heterocycles. The molecule has 2 aliphatic rings. The zero-order chi connectivity index (χ0) is 17.3. The first kappa shape index (κ1) is 17.4. The number of hydrogen-bond acceptors (Lipinski definition) is 4. The van der Waals surface area contributed by atoms with E-state index in [0.717, 1.165) is 12.0 Å². The Labute approximate surface area is 143 Å². The summed E-state index contributed by atoms with van der Waals surface area (Å²) in [6, 6.07) is 6.75. The van der Waals surface area contributed by atoms with Gasteiger partial charge in [0.05, 0.1) is 23.6 Å². The van der Waals surface area contributed by atoms with Crippen LogP contribution in [0.2, 0.25) is 0 Å². The molecule has 132 valence electrons. The van der Waals surface area contributed by atoms with Gasteiger partial charge in [0.25, 0.3) is 0 Å². The van der Waals surface area contributed by atoms with Crippen LogP contribution in [0, 0.1) is 0 Å². The molecule has 0 aromatic heterocycles. The first-order chi connectivity index (χ1) is 11.5. The van der Waals surface area contributed by atoms with Crippen molar-refractivity contribution in [2.45, 2.75) is 43.2 Å². The van der Waals surface area contributed by atoms with Gasteiger partial charge in [-0.05, 0) is 30.5 Å². The molecule has 1 aromatic carbocycles. The maximum Gasteiger partial charge on any atom is 0.243 e. The first-order valence-corrected chi connectivity index (χ1v) is 9.82. The summed E-state index contributed by atoms with van der Waals surface area (Å²) in [5, 5.41) is 0. The standard InChI is InChI=1S/C17H24N2O4S/c1-3-13-4-6-14(7-5-13)24(21,22)19-9-8-15-16(19)12-17(20)18(15)10-11-23-2/h4-7,15-16H,3,8-12H2,1-2H3. The summed E-state index contributed by atoms with van der Waals surface area (Å²) < 4.78 is 32.5. The van der Waals surface area contributed by atoms with Crippen molar-refractivity contribution in [3.63, 3.8) is 0 Å². The number of methoxy groups -OCH3 is 1. The number of hydrogen-bond donors (Lipinski definition) is 0. The summed E-state index contributed by atoms with van der Waals surface area (Å²) in [5.41, 5.74) is 1.11. The van der Waals surface area contributed by atoms with Gasteiger partial charge in [-0.1, -0.05) is 19.1 Å². The number of amides is 1. The van der Waals surface area contributed by atoms with E-state index < -0.39 is 10.0 Å². The van der Waals surface area contributed by atoms with Gasteiger partial charge in [0.15, 0.2) is 0 Å². The van der Waals surface area contributed by atoms with E-state index >= 15 is 0 Å². The highest BCUT2D eigenvalue weighted by molar-refractivity contribution is 7.89. The molecular formula is C17H24N2O4S. The molecule has 6 nitrogen and oxygen atoms in total. The molecular weight excluding hydrogens is 328 g/mol. The lowest BCUT2D eigenvalue weighted by molar-refractivity contribution is -0.129. The molecule has 0 radical (unpaired) electrons. The molecule has 2 fully saturated rings. The normalized spacial score (nSPS) is 24.6. The second-order valence-electron chi connectivity index (χ2n) is 6.32. The monoisotopic (exact) mass is 352 g/mol. The fourth-order valence-corrected chi connectivity index (χ4v) is 5.37. The van der Waals surface area contributed by atoms with Gasteiger partial charge in [-0.3, -0.25) is 4.79 Å². The minimum absolute atomic E-state index is 0.0169. The summed E-state index contributed by atoms with van der Waals surface area (Å²) in [6.07, 6.45) is 1.82. The molecule has 1 amide bonds. The van der Waals surface area contributed by atoms with E-state index in [1.54, 1.807) is 24.1 Å². The van der Waals surface area contributed by atoms with Gasteiger partial charge in [-0.2, -0.15) is 4.31 Å². The van der Waals surface area contributed by atoms with Crippen LogP contribution in [-0.2, 0) is 26.0 Å². The van der Waals surface area contributed by atoms with E-state index in [0.29, 0.717) is 31.0 Å². The second-order valence-corrected chi connectivity index (χ2v) is 8.21. The highest BCUT2D eigenvalue weighted by atomic mass is 32.2. The van der Waals surface area contributed by atoms with Gasteiger partial charge in [-0.15, -0.1) is 0 Å². The highest BCUT2D eigenvalue weighted by Crippen LogP contribution is 2.36. The molecule has 2 saturated heterocycles. The molecule has 0 aliphatic carbocycles. The Balaban J connectivity index is 1.81. The van der Waals surface area contributed by atoms with Crippen molar-refractivity contribution in [1.82, 2.24) is 9.21 Å². The van der Waals surface area contributed by atoms with Crippen LogP contribution in [0.15, 0.2) is 29.2 Å². The molecule has 2 heterocycles. The molecule has 3 rings (SSSR count). The average molecular weight is 352 g/mol. The number of fused-ring (bicyclic) bond motifs is 1. The summed E-state index contributed by atoms with van der Waals surface area (Å²) >= 11 is 0. The van der Waals surface area contributed by atoms with Crippen molar-refractivity contribution in [2.75, 3.05) is 26.8 Å². The van der Waals surface area contributed by atoms with E-state index in [2.05, 4.69) is 0 Å². The topological polar surface area (TPSA) is 66.9 Å². The van der Waals surface area contributed by atoms with E-state index in [1.165, 1.54) is 4.31 Å². The molecule has 1 aromatic rings. The van der Waals surface area contributed by atoms with Crippen molar-refractivity contribution in [1.29, 1.82) is 0 Å². The van der Waals surface area contributed by atoms with E-state index in [-0.39, 0.29) is 24.4 Å². The van der Waals surface area contributed by atoms with Crippen molar-refractivity contribution < 1.29 is 17.9 Å². The number of aryl methyl sites for hydroxylation is 1. The van der Waals surface area contributed by atoms with Crippen molar-refractivity contribution >= 4 is 15.9 Å². The van der Waals surface area contributed by atoms with E-state index in [1.807, 2.05) is 19.1 Å². The summed E-state index contributed by atoms with van der Waals surface area (Å²) in [6.45, 7) is 3.49. The Kier molecular flexibility index (Phi) is 4.94. The molecule has 0 saturated carbocycles. The summed E-state index contributed by atoms with van der Waals surface area (Å²) in [5.74, 6) is 0.0169. The molecule has 0 bridgehead atoms. The third-order valence-electron chi connectivity index (χ3n) is 5.04. The summed E-state index contributed by atoms with van der Waals surface area (Å²) in [4.78, 5) is 14.3. The number of carbonyl (C=O) groups excluding carboxylic acids is 1. The Morgan fingerprint density at radius 2 is 1.92 bits per heavy atom. The second kappa shape index (κ2) is 6.82. The van der Waals surface area contributed by atoms with Crippen LogP contribution >= 0.6 is 0 Å². The van der Waals surface area contributed by atoms with Crippen LogP contribution < -0.4 is 0 Å². The smallest absolute Gasteiger partial charge is 0.243 e. The molecule has 2 atom stereocenters. The third kappa shape index (κ3) is 2.96. The number of likely N-dealkylation sites (tertiary alicyclic amines) is 1.